The van der Waals surface area contributed by atoms with E-state index in [-0.39, 0.29) is 0 Å². The number of fused-ring (bicyclic) bond motifs is 1. The SMILES string of the molecule is Cc1cc(-c2ncc(CNc3nccc(-c4ccc5ncccc5c4)n3)cc2C)ccn1. The Morgan fingerprint density at radius 3 is 2.56 bits per heavy atom. The molecule has 0 aliphatic carbocycles. The molecule has 0 unspecified atom stereocenters. The van der Waals surface area contributed by atoms with Crippen molar-refractivity contribution in [1.29, 1.82) is 0 Å². The van der Waals surface area contributed by atoms with E-state index < -0.39 is 0 Å². The first-order chi connectivity index (χ1) is 15.7. The average Bonchev–Trinajstić information content (AvgIpc) is 2.83. The monoisotopic (exact) mass is 418 g/mol. The van der Waals surface area contributed by atoms with E-state index in [0.717, 1.165) is 50.2 Å². The van der Waals surface area contributed by atoms with Gasteiger partial charge in [-0.05, 0) is 61.4 Å². The van der Waals surface area contributed by atoms with E-state index in [1.807, 2.05) is 49.6 Å². The van der Waals surface area contributed by atoms with Crippen molar-refractivity contribution >= 4 is 16.9 Å². The third kappa shape index (κ3) is 4.16. The third-order valence-electron chi connectivity index (χ3n) is 5.31. The molecule has 6 heteroatoms. The highest BCUT2D eigenvalue weighted by Gasteiger charge is 2.07. The lowest BCUT2D eigenvalue weighted by Gasteiger charge is -2.10. The van der Waals surface area contributed by atoms with Crippen molar-refractivity contribution in [2.45, 2.75) is 20.4 Å². The summed E-state index contributed by atoms with van der Waals surface area (Å²) in [6.45, 7) is 4.65. The van der Waals surface area contributed by atoms with Gasteiger partial charge in [-0.3, -0.25) is 15.0 Å². The van der Waals surface area contributed by atoms with Crippen LogP contribution < -0.4 is 5.32 Å². The standard InChI is InChI=1S/C26H22N6/c1-17-12-19(15-30-25(17)22-7-10-27-18(2)13-22)16-31-26-29-11-8-24(32-26)21-5-6-23-20(14-21)4-3-9-28-23/h3-15H,16H2,1-2H3,(H,29,31,32). The third-order valence-corrected chi connectivity index (χ3v) is 5.31. The predicted molar refractivity (Wildman–Crippen MR) is 127 cm³/mol. The van der Waals surface area contributed by atoms with E-state index in [9.17, 15) is 0 Å². The minimum Gasteiger partial charge on any atom is -0.350 e. The van der Waals surface area contributed by atoms with Crippen molar-refractivity contribution in [1.82, 2.24) is 24.9 Å². The summed E-state index contributed by atoms with van der Waals surface area (Å²) in [5.41, 5.74) is 8.10. The fraction of sp³-hybridized carbons (Fsp3) is 0.115. The fourth-order valence-corrected chi connectivity index (χ4v) is 3.75. The fourth-order valence-electron chi connectivity index (χ4n) is 3.75. The summed E-state index contributed by atoms with van der Waals surface area (Å²) in [4.78, 5) is 22.4. The first kappa shape index (κ1) is 19.8. The zero-order valence-electron chi connectivity index (χ0n) is 17.9. The number of nitrogens with one attached hydrogen (secondary N) is 1. The van der Waals surface area contributed by atoms with E-state index in [1.54, 1.807) is 12.4 Å². The van der Waals surface area contributed by atoms with Gasteiger partial charge in [0.05, 0.1) is 16.9 Å². The lowest BCUT2D eigenvalue weighted by atomic mass is 10.1. The van der Waals surface area contributed by atoms with Crippen LogP contribution >= 0.6 is 0 Å². The molecule has 0 radical (unpaired) electrons. The average molecular weight is 419 g/mol. The highest BCUT2D eigenvalue weighted by atomic mass is 15.1. The second-order valence-corrected chi connectivity index (χ2v) is 7.72. The maximum atomic E-state index is 4.69. The van der Waals surface area contributed by atoms with Crippen LogP contribution in [0.5, 0.6) is 0 Å². The number of anilines is 1. The molecule has 0 amide bonds. The molecule has 0 fully saturated rings. The molecule has 1 N–H and O–H groups in total. The Kier molecular flexibility index (Phi) is 5.25. The van der Waals surface area contributed by atoms with E-state index in [4.69, 9.17) is 4.98 Å². The smallest absolute Gasteiger partial charge is 0.223 e. The van der Waals surface area contributed by atoms with Gasteiger partial charge in [0.1, 0.15) is 0 Å². The predicted octanol–water partition coefficient (Wildman–Crippen LogP) is 5.38. The van der Waals surface area contributed by atoms with Crippen molar-refractivity contribution in [3.63, 3.8) is 0 Å². The minimum absolute atomic E-state index is 0.584. The number of pyridine rings is 3. The van der Waals surface area contributed by atoms with Gasteiger partial charge < -0.3 is 5.32 Å². The normalized spacial score (nSPS) is 10.9. The van der Waals surface area contributed by atoms with Crippen LogP contribution in [0.15, 0.2) is 79.4 Å². The Hall–Kier alpha value is -4.19. The lowest BCUT2D eigenvalue weighted by Crippen LogP contribution is -2.05. The zero-order chi connectivity index (χ0) is 21.9. The van der Waals surface area contributed by atoms with Gasteiger partial charge in [-0.25, -0.2) is 9.97 Å². The molecule has 32 heavy (non-hydrogen) atoms. The van der Waals surface area contributed by atoms with E-state index in [2.05, 4.69) is 56.4 Å². The maximum absolute atomic E-state index is 4.69. The van der Waals surface area contributed by atoms with Crippen molar-refractivity contribution in [2.75, 3.05) is 5.32 Å². The minimum atomic E-state index is 0.584. The van der Waals surface area contributed by atoms with Crippen LogP contribution in [0, 0.1) is 13.8 Å². The highest BCUT2D eigenvalue weighted by molar-refractivity contribution is 5.83. The number of aromatic nitrogens is 5. The molecular weight excluding hydrogens is 396 g/mol. The summed E-state index contributed by atoms with van der Waals surface area (Å²) in [6.07, 6.45) is 7.29. The first-order valence-corrected chi connectivity index (χ1v) is 10.5. The number of benzene rings is 1. The molecule has 0 bridgehead atoms. The van der Waals surface area contributed by atoms with Crippen LogP contribution in [0.1, 0.15) is 16.8 Å². The molecule has 5 rings (SSSR count). The molecule has 0 saturated heterocycles. The molecule has 1 aromatic carbocycles. The highest BCUT2D eigenvalue weighted by Crippen LogP contribution is 2.24. The van der Waals surface area contributed by atoms with Crippen molar-refractivity contribution in [3.05, 3.63) is 96.2 Å². The second-order valence-electron chi connectivity index (χ2n) is 7.72. The molecule has 0 saturated carbocycles. The van der Waals surface area contributed by atoms with Crippen LogP contribution in [0.2, 0.25) is 0 Å². The Labute approximate surface area is 186 Å². The summed E-state index contributed by atoms with van der Waals surface area (Å²) < 4.78 is 0. The molecule has 4 aromatic heterocycles. The molecule has 6 nitrogen and oxygen atoms in total. The van der Waals surface area contributed by atoms with E-state index >= 15 is 0 Å². The van der Waals surface area contributed by atoms with Gasteiger partial charge in [0, 0.05) is 53.5 Å². The number of hydrogen-bond donors (Lipinski definition) is 1. The molecule has 0 spiro atoms. The van der Waals surface area contributed by atoms with Gasteiger partial charge in [-0.15, -0.1) is 0 Å². The Balaban J connectivity index is 1.33. The van der Waals surface area contributed by atoms with Gasteiger partial charge in [-0.2, -0.15) is 0 Å². The number of aryl methyl sites for hydroxylation is 2. The molecule has 156 valence electrons. The van der Waals surface area contributed by atoms with Crippen molar-refractivity contribution < 1.29 is 0 Å². The first-order valence-electron chi connectivity index (χ1n) is 10.5. The van der Waals surface area contributed by atoms with Gasteiger partial charge in [0.25, 0.3) is 0 Å². The molecule has 0 aliphatic heterocycles. The van der Waals surface area contributed by atoms with Crippen molar-refractivity contribution in [2.24, 2.45) is 0 Å². The quantitative estimate of drug-likeness (QED) is 0.413. The van der Waals surface area contributed by atoms with Gasteiger partial charge in [0.2, 0.25) is 5.95 Å². The van der Waals surface area contributed by atoms with Crippen LogP contribution in [0.3, 0.4) is 0 Å². The number of nitrogens with zero attached hydrogens (tertiary/aromatic N) is 5. The molecule has 4 heterocycles. The second kappa shape index (κ2) is 8.51. The van der Waals surface area contributed by atoms with E-state index in [0.29, 0.717) is 12.5 Å². The van der Waals surface area contributed by atoms with Crippen LogP contribution in [0.4, 0.5) is 5.95 Å². The van der Waals surface area contributed by atoms with E-state index in [1.165, 1.54) is 0 Å². The summed E-state index contributed by atoms with van der Waals surface area (Å²) in [5.74, 6) is 0.584. The van der Waals surface area contributed by atoms with Crippen LogP contribution in [0.25, 0.3) is 33.4 Å². The number of hydrogen-bond acceptors (Lipinski definition) is 6. The van der Waals surface area contributed by atoms with Gasteiger partial charge in [-0.1, -0.05) is 18.2 Å². The Bertz CT molecular complexity index is 1410. The zero-order valence-corrected chi connectivity index (χ0v) is 17.9. The Morgan fingerprint density at radius 1 is 0.781 bits per heavy atom. The molecule has 0 aliphatic rings. The summed E-state index contributed by atoms with van der Waals surface area (Å²) in [7, 11) is 0. The lowest BCUT2D eigenvalue weighted by molar-refractivity contribution is 1.04. The maximum Gasteiger partial charge on any atom is 0.223 e. The van der Waals surface area contributed by atoms with Gasteiger partial charge >= 0.3 is 0 Å². The molecule has 5 aromatic rings. The summed E-state index contributed by atoms with van der Waals surface area (Å²) in [5, 5.41) is 4.41. The number of rotatable bonds is 5. The van der Waals surface area contributed by atoms with Crippen LogP contribution in [-0.4, -0.2) is 24.9 Å². The molecule has 0 atom stereocenters. The summed E-state index contributed by atoms with van der Waals surface area (Å²) >= 11 is 0. The Morgan fingerprint density at radius 2 is 1.69 bits per heavy atom. The molecular formula is C26H22N6. The van der Waals surface area contributed by atoms with Crippen molar-refractivity contribution in [3.8, 4) is 22.5 Å². The largest absolute Gasteiger partial charge is 0.350 e. The summed E-state index contributed by atoms with van der Waals surface area (Å²) in [6, 6.07) is 18.2. The van der Waals surface area contributed by atoms with Crippen LogP contribution in [-0.2, 0) is 6.54 Å². The topological polar surface area (TPSA) is 76.5 Å². The van der Waals surface area contributed by atoms with Gasteiger partial charge in [0.15, 0.2) is 0 Å².